The first-order valence-electron chi connectivity index (χ1n) is 12.2. The average molecular weight is 477 g/mol. The number of amides is 2. The van der Waals surface area contributed by atoms with Gasteiger partial charge in [0.2, 0.25) is 0 Å². The van der Waals surface area contributed by atoms with Crippen LogP contribution in [-0.2, 0) is 32.0 Å². The van der Waals surface area contributed by atoms with Crippen LogP contribution in [0.4, 0.5) is 0 Å². The molecule has 34 heavy (non-hydrogen) atoms. The number of aromatic nitrogens is 3. The van der Waals surface area contributed by atoms with Gasteiger partial charge in [0, 0.05) is 50.1 Å². The molecule has 0 fully saturated rings. The van der Waals surface area contributed by atoms with Crippen LogP contribution in [0.5, 0.6) is 0 Å². The molecule has 2 rings (SSSR count). The third-order valence-electron chi connectivity index (χ3n) is 6.10. The molecule has 0 N–H and O–H groups in total. The third kappa shape index (κ3) is 8.95. The molecule has 0 saturated carbocycles. The second-order valence-electron chi connectivity index (χ2n) is 12.3. The van der Waals surface area contributed by atoms with E-state index in [1.165, 1.54) is 17.1 Å². The molecule has 0 atom stereocenters. The molecule has 0 aliphatic carbocycles. The first-order chi connectivity index (χ1) is 15.5. The molecule has 0 bridgehead atoms. The lowest BCUT2D eigenvalue weighted by atomic mass is 9.93. The minimum absolute atomic E-state index is 0.222. The first kappa shape index (κ1) is 28.2. The van der Waals surface area contributed by atoms with E-state index in [0.717, 1.165) is 31.7 Å². The van der Waals surface area contributed by atoms with Crippen LogP contribution < -0.4 is 0 Å². The lowest BCUT2D eigenvalue weighted by Crippen LogP contribution is -2.48. The quantitative estimate of drug-likeness (QED) is 0.394. The van der Waals surface area contributed by atoms with Gasteiger partial charge in [-0.3, -0.25) is 19.2 Å². The molecule has 2 amide bonds. The highest BCUT2D eigenvalue weighted by atomic mass is 16.5. The zero-order valence-corrected chi connectivity index (χ0v) is 22.6. The van der Waals surface area contributed by atoms with Crippen LogP contribution in [0.1, 0.15) is 87.3 Å². The van der Waals surface area contributed by atoms with E-state index < -0.39 is 11.1 Å². The number of rotatable bonds is 13. The zero-order valence-electron chi connectivity index (χ0n) is 22.6. The summed E-state index contributed by atoms with van der Waals surface area (Å²) in [7, 11) is 0. The lowest BCUT2D eigenvalue weighted by molar-refractivity contribution is -0.143. The largest absolute Gasteiger partial charge is 0.375 e. The number of aryl methyl sites for hydroxylation is 1. The van der Waals surface area contributed by atoms with Crippen molar-refractivity contribution in [2.45, 2.75) is 111 Å². The SMILES string of the molecule is CC(C)(C)CCOC(C)(C)CCn1cc(CC(C)(C)OCCC(C)(C)N2C(=O)C=CC2=O)nn1. The maximum atomic E-state index is 12.0. The smallest absolute Gasteiger partial charge is 0.254 e. The molecule has 192 valence electrons. The Hall–Kier alpha value is -2.06. The fourth-order valence-electron chi connectivity index (χ4n) is 3.79. The molecule has 1 aliphatic heterocycles. The number of nitrogens with zero attached hydrogens (tertiary/aromatic N) is 4. The molecule has 0 saturated heterocycles. The lowest BCUT2D eigenvalue weighted by Gasteiger charge is -2.35. The Morgan fingerprint density at radius 3 is 1.94 bits per heavy atom. The van der Waals surface area contributed by atoms with E-state index in [-0.39, 0.29) is 22.8 Å². The fourth-order valence-corrected chi connectivity index (χ4v) is 3.79. The van der Waals surface area contributed by atoms with Crippen LogP contribution in [0.15, 0.2) is 18.3 Å². The molecule has 2 heterocycles. The summed E-state index contributed by atoms with van der Waals surface area (Å²) in [5.74, 6) is -0.540. The Morgan fingerprint density at radius 1 is 0.794 bits per heavy atom. The van der Waals surface area contributed by atoms with Gasteiger partial charge >= 0.3 is 0 Å². The van der Waals surface area contributed by atoms with E-state index >= 15 is 0 Å². The van der Waals surface area contributed by atoms with Crippen molar-refractivity contribution in [2.24, 2.45) is 5.41 Å². The summed E-state index contributed by atoms with van der Waals surface area (Å²) in [5, 5.41) is 8.60. The normalized spacial score (nSPS) is 15.6. The molecule has 1 aliphatic rings. The monoisotopic (exact) mass is 476 g/mol. The highest BCUT2D eigenvalue weighted by Gasteiger charge is 2.37. The molecular weight excluding hydrogens is 432 g/mol. The number of carbonyl (C=O) groups is 2. The minimum atomic E-state index is -0.612. The van der Waals surface area contributed by atoms with Gasteiger partial charge < -0.3 is 9.47 Å². The van der Waals surface area contributed by atoms with Gasteiger partial charge in [-0.25, -0.2) is 0 Å². The third-order valence-corrected chi connectivity index (χ3v) is 6.10. The number of imide groups is 1. The van der Waals surface area contributed by atoms with E-state index in [2.05, 4.69) is 44.9 Å². The molecular formula is C26H44N4O4. The van der Waals surface area contributed by atoms with Crippen LogP contribution in [-0.4, -0.2) is 61.7 Å². The van der Waals surface area contributed by atoms with Crippen molar-refractivity contribution >= 4 is 11.8 Å². The summed E-state index contributed by atoms with van der Waals surface area (Å²) < 4.78 is 14.1. The highest BCUT2D eigenvalue weighted by molar-refractivity contribution is 6.13. The minimum Gasteiger partial charge on any atom is -0.375 e. The predicted molar refractivity (Wildman–Crippen MR) is 132 cm³/mol. The van der Waals surface area contributed by atoms with Gasteiger partial charge in [0.15, 0.2) is 0 Å². The number of carbonyl (C=O) groups excluding carboxylic acids is 2. The average Bonchev–Trinajstić information content (AvgIpc) is 3.24. The van der Waals surface area contributed by atoms with Crippen molar-refractivity contribution < 1.29 is 19.1 Å². The molecule has 8 heteroatoms. The highest BCUT2D eigenvalue weighted by Crippen LogP contribution is 2.25. The van der Waals surface area contributed by atoms with Gasteiger partial charge in [0.1, 0.15) is 0 Å². The van der Waals surface area contributed by atoms with E-state index in [4.69, 9.17) is 9.47 Å². The van der Waals surface area contributed by atoms with Crippen LogP contribution in [0.2, 0.25) is 0 Å². The van der Waals surface area contributed by atoms with Gasteiger partial charge in [-0.15, -0.1) is 5.10 Å². The molecule has 1 aromatic rings. The molecule has 0 unspecified atom stereocenters. The Bertz CT molecular complexity index is 860. The van der Waals surface area contributed by atoms with Gasteiger partial charge in [0.05, 0.1) is 16.9 Å². The summed E-state index contributed by atoms with van der Waals surface area (Å²) in [6, 6.07) is 0. The van der Waals surface area contributed by atoms with Crippen LogP contribution in [0.25, 0.3) is 0 Å². The summed E-state index contributed by atoms with van der Waals surface area (Å²) in [5.41, 5.74) is -0.158. The Balaban J connectivity index is 1.79. The molecule has 1 aromatic heterocycles. The summed E-state index contributed by atoms with van der Waals surface area (Å²) in [4.78, 5) is 25.3. The first-order valence-corrected chi connectivity index (χ1v) is 12.2. The van der Waals surface area contributed by atoms with Crippen molar-refractivity contribution in [1.29, 1.82) is 0 Å². The van der Waals surface area contributed by atoms with E-state index in [9.17, 15) is 9.59 Å². The van der Waals surface area contributed by atoms with Crippen molar-refractivity contribution in [2.75, 3.05) is 13.2 Å². The van der Waals surface area contributed by atoms with Crippen LogP contribution >= 0.6 is 0 Å². The van der Waals surface area contributed by atoms with Crippen LogP contribution in [0, 0.1) is 5.41 Å². The number of ether oxygens (including phenoxy) is 2. The number of hydrogen-bond acceptors (Lipinski definition) is 6. The summed E-state index contributed by atoms with van der Waals surface area (Å²) >= 11 is 0. The Morgan fingerprint density at radius 2 is 1.35 bits per heavy atom. The molecule has 0 aromatic carbocycles. The van der Waals surface area contributed by atoms with Crippen molar-refractivity contribution in [3.8, 4) is 0 Å². The topological polar surface area (TPSA) is 86.5 Å². The van der Waals surface area contributed by atoms with Gasteiger partial charge in [-0.05, 0) is 66.2 Å². The van der Waals surface area contributed by atoms with E-state index in [0.29, 0.717) is 19.4 Å². The van der Waals surface area contributed by atoms with E-state index in [1.807, 2.05) is 38.6 Å². The van der Waals surface area contributed by atoms with Crippen molar-refractivity contribution in [1.82, 2.24) is 19.9 Å². The van der Waals surface area contributed by atoms with Crippen molar-refractivity contribution in [3.63, 3.8) is 0 Å². The number of hydrogen-bond donors (Lipinski definition) is 0. The summed E-state index contributed by atoms with van der Waals surface area (Å²) in [6.45, 7) is 20.6. The molecule has 8 nitrogen and oxygen atoms in total. The Labute approximate surface area is 205 Å². The second-order valence-corrected chi connectivity index (χ2v) is 12.3. The molecule has 0 spiro atoms. The fraction of sp³-hybridized carbons (Fsp3) is 0.769. The van der Waals surface area contributed by atoms with Crippen LogP contribution in [0.3, 0.4) is 0 Å². The Kier molecular flexibility index (Phi) is 8.86. The summed E-state index contributed by atoms with van der Waals surface area (Å²) in [6.07, 6.45) is 7.63. The van der Waals surface area contributed by atoms with E-state index in [1.54, 1.807) is 0 Å². The van der Waals surface area contributed by atoms with Crippen molar-refractivity contribution in [3.05, 3.63) is 24.0 Å². The van der Waals surface area contributed by atoms with Gasteiger partial charge in [0.25, 0.3) is 11.8 Å². The zero-order chi connectivity index (χ0) is 25.8. The van der Waals surface area contributed by atoms with Gasteiger partial charge in [-0.1, -0.05) is 26.0 Å². The maximum absolute atomic E-state index is 12.0. The second kappa shape index (κ2) is 10.7. The van der Waals surface area contributed by atoms with Gasteiger partial charge in [-0.2, -0.15) is 0 Å². The predicted octanol–water partition coefficient (Wildman–Crippen LogP) is 4.33. The standard InChI is InChI=1S/C26H44N4O4/c1-23(2,3)13-16-33-25(6,7)12-15-29-19-20(27-28-29)18-26(8,9)34-17-14-24(4,5)30-21(31)10-11-22(30)32/h10-11,19H,12-18H2,1-9H3. The maximum Gasteiger partial charge on any atom is 0.254 e. The molecule has 0 radical (unpaired) electrons.